The molecule has 0 bridgehead atoms. The average molecular weight is 328 g/mol. The fourth-order valence-electron chi connectivity index (χ4n) is 2.79. The molecule has 1 aromatic carbocycles. The maximum Gasteiger partial charge on any atom is 0.244 e. The molecule has 1 N–H and O–H groups in total. The summed E-state index contributed by atoms with van der Waals surface area (Å²) in [5.74, 6) is 0.574. The van der Waals surface area contributed by atoms with E-state index >= 15 is 0 Å². The van der Waals surface area contributed by atoms with Crippen LogP contribution < -0.4 is 10.1 Å². The normalized spacial score (nSPS) is 16.4. The SMILES string of the molecule is CNC(=O)C1CN(C(=O)CCOc2ccccc2)Cc2cncn21. The van der Waals surface area contributed by atoms with Crippen molar-refractivity contribution in [1.29, 1.82) is 0 Å². The van der Waals surface area contributed by atoms with Crippen molar-refractivity contribution >= 4 is 11.8 Å². The summed E-state index contributed by atoms with van der Waals surface area (Å²) >= 11 is 0. The summed E-state index contributed by atoms with van der Waals surface area (Å²) in [4.78, 5) is 30.3. The van der Waals surface area contributed by atoms with Crippen LogP contribution in [0.5, 0.6) is 5.75 Å². The Morgan fingerprint density at radius 3 is 2.88 bits per heavy atom. The number of nitrogens with zero attached hydrogens (tertiary/aromatic N) is 3. The van der Waals surface area contributed by atoms with Gasteiger partial charge in [-0.15, -0.1) is 0 Å². The monoisotopic (exact) mass is 328 g/mol. The van der Waals surface area contributed by atoms with E-state index in [9.17, 15) is 9.59 Å². The van der Waals surface area contributed by atoms with Crippen LogP contribution in [0.1, 0.15) is 18.2 Å². The van der Waals surface area contributed by atoms with Gasteiger partial charge in [0.05, 0.1) is 38.1 Å². The predicted molar refractivity (Wildman–Crippen MR) is 87.3 cm³/mol. The topological polar surface area (TPSA) is 76.5 Å². The summed E-state index contributed by atoms with van der Waals surface area (Å²) in [5, 5.41) is 2.64. The molecule has 1 aliphatic heterocycles. The zero-order valence-corrected chi connectivity index (χ0v) is 13.5. The van der Waals surface area contributed by atoms with Gasteiger partial charge in [-0.1, -0.05) is 18.2 Å². The molecule has 1 unspecified atom stereocenters. The van der Waals surface area contributed by atoms with Gasteiger partial charge in [0.2, 0.25) is 11.8 Å². The summed E-state index contributed by atoms with van der Waals surface area (Å²) in [5.41, 5.74) is 0.854. The Hall–Kier alpha value is -2.83. The van der Waals surface area contributed by atoms with Gasteiger partial charge in [0.15, 0.2) is 0 Å². The van der Waals surface area contributed by atoms with E-state index in [2.05, 4.69) is 10.3 Å². The molecule has 1 aliphatic rings. The molecule has 126 valence electrons. The molecule has 0 radical (unpaired) electrons. The molecule has 24 heavy (non-hydrogen) atoms. The number of hydrogen-bond donors (Lipinski definition) is 1. The van der Waals surface area contributed by atoms with Gasteiger partial charge in [-0.3, -0.25) is 9.59 Å². The number of fused-ring (bicyclic) bond motifs is 1. The van der Waals surface area contributed by atoms with Crippen molar-refractivity contribution in [1.82, 2.24) is 19.8 Å². The maximum atomic E-state index is 12.5. The number of amides is 2. The molecule has 2 amide bonds. The summed E-state index contributed by atoms with van der Waals surface area (Å²) in [6, 6.07) is 8.94. The lowest BCUT2D eigenvalue weighted by Crippen LogP contribution is -2.46. The molecular formula is C17H20N4O3. The van der Waals surface area contributed by atoms with Crippen LogP contribution in [0.15, 0.2) is 42.9 Å². The number of carbonyl (C=O) groups excluding carboxylic acids is 2. The van der Waals surface area contributed by atoms with E-state index in [-0.39, 0.29) is 18.2 Å². The molecule has 1 atom stereocenters. The highest BCUT2D eigenvalue weighted by atomic mass is 16.5. The van der Waals surface area contributed by atoms with Crippen LogP contribution in [-0.4, -0.2) is 46.5 Å². The molecule has 0 saturated carbocycles. The van der Waals surface area contributed by atoms with Gasteiger partial charge in [-0.2, -0.15) is 0 Å². The third-order valence-corrected chi connectivity index (χ3v) is 4.06. The largest absolute Gasteiger partial charge is 0.493 e. The lowest BCUT2D eigenvalue weighted by Gasteiger charge is -2.33. The first-order valence-corrected chi connectivity index (χ1v) is 7.87. The van der Waals surface area contributed by atoms with Crippen LogP contribution in [0.3, 0.4) is 0 Å². The van der Waals surface area contributed by atoms with Gasteiger partial charge >= 0.3 is 0 Å². The Morgan fingerprint density at radius 2 is 2.12 bits per heavy atom. The van der Waals surface area contributed by atoms with Crippen molar-refractivity contribution in [3.63, 3.8) is 0 Å². The standard InChI is InChI=1S/C17H20N4O3/c1-18-17(23)15-11-20(10-13-9-19-12-21(13)15)16(22)7-8-24-14-5-3-2-4-6-14/h2-6,9,12,15H,7-8,10-11H2,1H3,(H,18,23). The molecule has 0 saturated heterocycles. The van der Waals surface area contributed by atoms with E-state index in [1.165, 1.54) is 0 Å². The number of likely N-dealkylation sites (N-methyl/N-ethyl adjacent to an activating group) is 1. The minimum absolute atomic E-state index is 0.0349. The Morgan fingerprint density at radius 1 is 1.33 bits per heavy atom. The highest BCUT2D eigenvalue weighted by molar-refractivity contribution is 5.82. The van der Waals surface area contributed by atoms with Crippen molar-refractivity contribution < 1.29 is 14.3 Å². The van der Waals surface area contributed by atoms with E-state index < -0.39 is 6.04 Å². The Labute approximate surface area is 140 Å². The lowest BCUT2D eigenvalue weighted by atomic mass is 10.1. The Bertz CT molecular complexity index is 714. The molecule has 1 aromatic heterocycles. The van der Waals surface area contributed by atoms with Crippen LogP contribution in [0.25, 0.3) is 0 Å². The number of imidazole rings is 1. The maximum absolute atomic E-state index is 12.5. The Balaban J connectivity index is 1.60. The second kappa shape index (κ2) is 7.16. The number of carbonyl (C=O) groups is 2. The van der Waals surface area contributed by atoms with Crippen LogP contribution in [0.4, 0.5) is 0 Å². The van der Waals surface area contributed by atoms with Crippen LogP contribution in [0, 0.1) is 0 Å². The van der Waals surface area contributed by atoms with Crippen molar-refractivity contribution in [2.75, 3.05) is 20.2 Å². The predicted octanol–water partition coefficient (Wildman–Crippen LogP) is 0.981. The van der Waals surface area contributed by atoms with Crippen LogP contribution in [0.2, 0.25) is 0 Å². The van der Waals surface area contributed by atoms with Crippen molar-refractivity contribution in [3.8, 4) is 5.75 Å². The fourth-order valence-corrected chi connectivity index (χ4v) is 2.79. The third-order valence-electron chi connectivity index (χ3n) is 4.06. The number of hydrogen-bond acceptors (Lipinski definition) is 4. The minimum atomic E-state index is -0.444. The highest BCUT2D eigenvalue weighted by Gasteiger charge is 2.31. The van der Waals surface area contributed by atoms with E-state index in [1.807, 2.05) is 34.9 Å². The summed E-state index contributed by atoms with van der Waals surface area (Å²) in [7, 11) is 1.59. The summed E-state index contributed by atoms with van der Waals surface area (Å²) < 4.78 is 7.40. The number of benzene rings is 1. The molecule has 7 heteroatoms. The average Bonchev–Trinajstić information content (AvgIpc) is 3.09. The second-order valence-electron chi connectivity index (χ2n) is 5.61. The zero-order valence-electron chi connectivity index (χ0n) is 13.5. The van der Waals surface area contributed by atoms with Gasteiger partial charge in [0.1, 0.15) is 11.8 Å². The van der Waals surface area contributed by atoms with Gasteiger partial charge in [0.25, 0.3) is 0 Å². The number of para-hydroxylation sites is 1. The third kappa shape index (κ3) is 3.40. The summed E-state index contributed by atoms with van der Waals surface area (Å²) in [6.45, 7) is 1.11. The van der Waals surface area contributed by atoms with Gasteiger partial charge in [-0.25, -0.2) is 4.98 Å². The Kier molecular flexibility index (Phi) is 4.79. The molecule has 2 aromatic rings. The number of nitrogens with one attached hydrogen (secondary N) is 1. The first-order valence-electron chi connectivity index (χ1n) is 7.87. The first kappa shape index (κ1) is 16.0. The zero-order chi connectivity index (χ0) is 16.9. The number of ether oxygens (including phenoxy) is 1. The minimum Gasteiger partial charge on any atom is -0.493 e. The number of aromatic nitrogens is 2. The van der Waals surface area contributed by atoms with E-state index in [0.29, 0.717) is 19.7 Å². The first-order chi connectivity index (χ1) is 11.7. The molecular weight excluding hydrogens is 308 g/mol. The molecule has 0 aliphatic carbocycles. The van der Waals surface area contributed by atoms with E-state index in [0.717, 1.165) is 11.4 Å². The van der Waals surface area contributed by atoms with Gasteiger partial charge in [0, 0.05) is 13.2 Å². The van der Waals surface area contributed by atoms with Crippen molar-refractivity contribution in [3.05, 3.63) is 48.5 Å². The fraction of sp³-hybridized carbons (Fsp3) is 0.353. The molecule has 0 fully saturated rings. The van der Waals surface area contributed by atoms with Crippen LogP contribution in [-0.2, 0) is 16.1 Å². The van der Waals surface area contributed by atoms with Crippen LogP contribution >= 0.6 is 0 Å². The molecule has 2 heterocycles. The van der Waals surface area contributed by atoms with Gasteiger partial charge < -0.3 is 19.5 Å². The number of rotatable bonds is 5. The van der Waals surface area contributed by atoms with Gasteiger partial charge in [-0.05, 0) is 12.1 Å². The molecule has 7 nitrogen and oxygen atoms in total. The van der Waals surface area contributed by atoms with E-state index in [1.54, 1.807) is 24.5 Å². The van der Waals surface area contributed by atoms with Crippen molar-refractivity contribution in [2.45, 2.75) is 19.0 Å². The van der Waals surface area contributed by atoms with E-state index in [4.69, 9.17) is 4.74 Å². The quantitative estimate of drug-likeness (QED) is 0.888. The lowest BCUT2D eigenvalue weighted by molar-refractivity contribution is -0.135. The molecule has 3 rings (SSSR count). The smallest absolute Gasteiger partial charge is 0.244 e. The summed E-state index contributed by atoms with van der Waals surface area (Å²) in [6.07, 6.45) is 3.59. The van der Waals surface area contributed by atoms with Crippen molar-refractivity contribution in [2.24, 2.45) is 0 Å². The highest BCUT2D eigenvalue weighted by Crippen LogP contribution is 2.21. The molecule has 0 spiro atoms. The second-order valence-corrected chi connectivity index (χ2v) is 5.61.